The summed E-state index contributed by atoms with van der Waals surface area (Å²) in [5.41, 5.74) is 0.444. The van der Waals surface area contributed by atoms with E-state index >= 15 is 0 Å². The van der Waals surface area contributed by atoms with Gasteiger partial charge in [0.2, 0.25) is 5.78 Å². The molecule has 0 aliphatic heterocycles. The van der Waals surface area contributed by atoms with Crippen LogP contribution < -0.4 is 4.74 Å². The monoisotopic (exact) mass is 226 g/mol. The minimum atomic E-state index is -0.925. The number of ketones is 1. The van der Waals surface area contributed by atoms with Gasteiger partial charge in [0.15, 0.2) is 0 Å². The molecule has 0 aliphatic carbocycles. The number of halogens is 1. The minimum Gasteiger partial charge on any atom is -0.496 e. The summed E-state index contributed by atoms with van der Waals surface area (Å²) >= 11 is 0. The van der Waals surface area contributed by atoms with Gasteiger partial charge in [-0.15, -0.1) is 0 Å². The first kappa shape index (κ1) is 12.2. The van der Waals surface area contributed by atoms with E-state index in [4.69, 9.17) is 4.74 Å². The fraction of sp³-hybridized carbons (Fsp3) is 0.273. The Bertz CT molecular complexity index is 414. The molecular weight excluding hydrogens is 215 g/mol. The zero-order valence-electron chi connectivity index (χ0n) is 8.95. The molecule has 4 nitrogen and oxygen atoms in total. The van der Waals surface area contributed by atoms with Crippen LogP contribution in [0.25, 0.3) is 0 Å². The van der Waals surface area contributed by atoms with Crippen LogP contribution in [0.2, 0.25) is 0 Å². The van der Waals surface area contributed by atoms with Crippen molar-refractivity contribution >= 4 is 11.8 Å². The van der Waals surface area contributed by atoms with Crippen LogP contribution in [-0.4, -0.2) is 26.0 Å². The smallest absolute Gasteiger partial charge is 0.374 e. The van der Waals surface area contributed by atoms with E-state index in [-0.39, 0.29) is 12.2 Å². The normalized spacial score (nSPS) is 9.69. The second kappa shape index (κ2) is 5.25. The zero-order chi connectivity index (χ0) is 12.1. The van der Waals surface area contributed by atoms with Crippen molar-refractivity contribution < 1.29 is 23.5 Å². The zero-order valence-corrected chi connectivity index (χ0v) is 8.95. The number of hydrogen-bond donors (Lipinski definition) is 0. The van der Waals surface area contributed by atoms with Crippen molar-refractivity contribution in [1.29, 1.82) is 0 Å². The van der Waals surface area contributed by atoms with E-state index in [9.17, 15) is 14.0 Å². The van der Waals surface area contributed by atoms with Crippen LogP contribution in [0.3, 0.4) is 0 Å². The lowest BCUT2D eigenvalue weighted by molar-refractivity contribution is -0.151. The van der Waals surface area contributed by atoms with E-state index in [1.165, 1.54) is 19.2 Å². The number of carbonyl (C=O) groups is 2. The van der Waals surface area contributed by atoms with Crippen LogP contribution in [0.5, 0.6) is 5.75 Å². The summed E-state index contributed by atoms with van der Waals surface area (Å²) in [5, 5.41) is 0. The maximum atomic E-state index is 12.8. The first-order valence-corrected chi connectivity index (χ1v) is 4.52. The maximum absolute atomic E-state index is 12.8. The summed E-state index contributed by atoms with van der Waals surface area (Å²) in [5.74, 6) is -1.86. The van der Waals surface area contributed by atoms with Gasteiger partial charge in [-0.1, -0.05) is 6.07 Å². The van der Waals surface area contributed by atoms with Crippen LogP contribution in [0, 0.1) is 5.82 Å². The number of hydrogen-bond acceptors (Lipinski definition) is 4. The highest BCUT2D eigenvalue weighted by molar-refractivity contribution is 6.34. The average molecular weight is 226 g/mol. The van der Waals surface area contributed by atoms with E-state index < -0.39 is 17.6 Å². The lowest BCUT2D eigenvalue weighted by Crippen LogP contribution is -2.18. The topological polar surface area (TPSA) is 52.6 Å². The van der Waals surface area contributed by atoms with E-state index in [0.717, 1.165) is 13.2 Å². The van der Waals surface area contributed by atoms with Crippen LogP contribution >= 0.6 is 0 Å². The Morgan fingerprint density at radius 3 is 2.56 bits per heavy atom. The Morgan fingerprint density at radius 2 is 2.00 bits per heavy atom. The number of ether oxygens (including phenoxy) is 2. The van der Waals surface area contributed by atoms with Gasteiger partial charge in [0, 0.05) is 18.1 Å². The highest BCUT2D eigenvalue weighted by Crippen LogP contribution is 2.20. The van der Waals surface area contributed by atoms with E-state index in [1.807, 2.05) is 0 Å². The van der Waals surface area contributed by atoms with Gasteiger partial charge in [-0.2, -0.15) is 0 Å². The maximum Gasteiger partial charge on any atom is 0.374 e. The first-order chi connectivity index (χ1) is 7.58. The second-order valence-corrected chi connectivity index (χ2v) is 3.05. The second-order valence-electron chi connectivity index (χ2n) is 3.05. The van der Waals surface area contributed by atoms with Gasteiger partial charge >= 0.3 is 5.97 Å². The Balaban J connectivity index is 2.89. The summed E-state index contributed by atoms with van der Waals surface area (Å²) in [7, 11) is 2.49. The molecule has 0 heterocycles. The fourth-order valence-electron chi connectivity index (χ4n) is 1.22. The third kappa shape index (κ3) is 2.79. The van der Waals surface area contributed by atoms with Crippen molar-refractivity contribution in [2.75, 3.05) is 14.2 Å². The number of methoxy groups -OCH3 is 2. The highest BCUT2D eigenvalue weighted by Gasteiger charge is 2.17. The van der Waals surface area contributed by atoms with Crippen LogP contribution in [0.1, 0.15) is 5.56 Å². The molecule has 1 rings (SSSR count). The third-order valence-electron chi connectivity index (χ3n) is 2.01. The lowest BCUT2D eigenvalue weighted by atomic mass is 10.1. The number of rotatable bonds is 4. The molecule has 0 radical (unpaired) electrons. The number of Topliss-reactive ketones (excluding diaryl/α,β-unsaturated/α-hetero) is 1. The third-order valence-corrected chi connectivity index (χ3v) is 2.01. The molecule has 0 fully saturated rings. The van der Waals surface area contributed by atoms with Gasteiger partial charge in [0.25, 0.3) is 0 Å². The lowest BCUT2D eigenvalue weighted by Gasteiger charge is -2.06. The van der Waals surface area contributed by atoms with Gasteiger partial charge in [-0.3, -0.25) is 4.79 Å². The van der Waals surface area contributed by atoms with Crippen molar-refractivity contribution in [2.45, 2.75) is 6.42 Å². The number of esters is 1. The summed E-state index contributed by atoms with van der Waals surface area (Å²) in [6.45, 7) is 0. The number of carbonyl (C=O) groups excluding carboxylic acids is 2. The molecule has 0 spiro atoms. The van der Waals surface area contributed by atoms with E-state index in [0.29, 0.717) is 5.56 Å². The van der Waals surface area contributed by atoms with E-state index in [2.05, 4.69) is 4.74 Å². The molecule has 16 heavy (non-hydrogen) atoms. The summed E-state index contributed by atoms with van der Waals surface area (Å²) in [4.78, 5) is 22.2. The molecule has 86 valence electrons. The van der Waals surface area contributed by atoms with Crippen LogP contribution in [0.15, 0.2) is 18.2 Å². The van der Waals surface area contributed by atoms with Crippen molar-refractivity contribution in [2.24, 2.45) is 0 Å². The fourth-order valence-corrected chi connectivity index (χ4v) is 1.22. The van der Waals surface area contributed by atoms with Crippen molar-refractivity contribution in [3.63, 3.8) is 0 Å². The Kier molecular flexibility index (Phi) is 3.99. The SMILES string of the molecule is COC(=O)C(=O)Cc1ccc(F)cc1OC. The largest absolute Gasteiger partial charge is 0.496 e. The molecule has 1 aromatic rings. The van der Waals surface area contributed by atoms with Gasteiger partial charge in [0.05, 0.1) is 14.2 Å². The van der Waals surface area contributed by atoms with Crippen molar-refractivity contribution in [3.8, 4) is 5.75 Å². The van der Waals surface area contributed by atoms with Gasteiger partial charge in [-0.25, -0.2) is 9.18 Å². The van der Waals surface area contributed by atoms with Crippen LogP contribution in [0.4, 0.5) is 4.39 Å². The molecule has 0 bridgehead atoms. The molecule has 0 aromatic heterocycles. The summed E-state index contributed by atoms with van der Waals surface area (Å²) in [6, 6.07) is 3.75. The standard InChI is InChI=1S/C11H11FO4/c1-15-10-6-8(12)4-3-7(10)5-9(13)11(14)16-2/h3-4,6H,5H2,1-2H3. The molecule has 1 aromatic carbocycles. The van der Waals surface area contributed by atoms with Crippen molar-refractivity contribution in [1.82, 2.24) is 0 Å². The number of benzene rings is 1. The summed E-state index contributed by atoms with van der Waals surface area (Å²) in [6.07, 6.45) is -0.171. The molecule has 0 atom stereocenters. The Morgan fingerprint density at radius 1 is 1.31 bits per heavy atom. The molecule has 0 saturated heterocycles. The molecule has 0 aliphatic rings. The molecule has 0 saturated carbocycles. The molecule has 5 heteroatoms. The molecule has 0 unspecified atom stereocenters. The molecule has 0 N–H and O–H groups in total. The predicted octanol–water partition coefficient (Wildman–Crippen LogP) is 1.12. The molecular formula is C11H11FO4. The Hall–Kier alpha value is -1.91. The quantitative estimate of drug-likeness (QED) is 0.570. The van der Waals surface area contributed by atoms with Gasteiger partial charge in [0.1, 0.15) is 11.6 Å². The van der Waals surface area contributed by atoms with Crippen LogP contribution in [-0.2, 0) is 20.7 Å². The Labute approximate surface area is 92.0 Å². The minimum absolute atomic E-state index is 0.171. The summed E-state index contributed by atoms with van der Waals surface area (Å²) < 4.78 is 22.0. The van der Waals surface area contributed by atoms with E-state index in [1.54, 1.807) is 0 Å². The van der Waals surface area contributed by atoms with Crippen molar-refractivity contribution in [3.05, 3.63) is 29.6 Å². The first-order valence-electron chi connectivity index (χ1n) is 4.52. The predicted molar refractivity (Wildman–Crippen MR) is 53.7 cm³/mol. The molecule has 0 amide bonds. The van der Waals surface area contributed by atoms with Gasteiger partial charge < -0.3 is 9.47 Å². The van der Waals surface area contributed by atoms with Gasteiger partial charge in [-0.05, 0) is 6.07 Å². The highest BCUT2D eigenvalue weighted by atomic mass is 19.1. The average Bonchev–Trinajstić information content (AvgIpc) is 2.30.